The maximum atomic E-state index is 9.61. The van der Waals surface area contributed by atoms with E-state index in [4.69, 9.17) is 20.1 Å². The van der Waals surface area contributed by atoms with Crippen molar-refractivity contribution >= 4 is 0 Å². The predicted octanol–water partition coefficient (Wildman–Crippen LogP) is -2.01. The van der Waals surface area contributed by atoms with E-state index in [1.165, 1.54) is 7.11 Å². The van der Waals surface area contributed by atoms with Gasteiger partial charge in [0, 0.05) is 7.11 Å². The zero-order chi connectivity index (χ0) is 11.4. The molecule has 0 amide bonds. The van der Waals surface area contributed by atoms with Crippen LogP contribution >= 0.6 is 0 Å². The molecular weight excluding hydrogens is 206 g/mol. The molecule has 0 aromatic carbocycles. The summed E-state index contributed by atoms with van der Waals surface area (Å²) in [5.41, 5.74) is 6.55. The van der Waals surface area contributed by atoms with Crippen LogP contribution < -0.4 is 4.91 Å². The first kappa shape index (κ1) is 12.2. The lowest BCUT2D eigenvalue weighted by molar-refractivity contribution is -0.268. The van der Waals surface area contributed by atoms with E-state index in [-0.39, 0.29) is 0 Å². The van der Waals surface area contributed by atoms with Gasteiger partial charge in [0.15, 0.2) is 12.3 Å². The van der Waals surface area contributed by atoms with Crippen molar-refractivity contribution in [2.24, 2.45) is 5.11 Å². The Balaban J connectivity index is 2.83. The molecule has 0 radical (unpaired) electrons. The lowest BCUT2D eigenvalue weighted by Crippen LogP contribution is -2.58. The molecule has 0 aliphatic carbocycles. The van der Waals surface area contributed by atoms with Gasteiger partial charge in [-0.3, -0.25) is 0 Å². The van der Waals surface area contributed by atoms with Crippen LogP contribution in [-0.2, 0) is 9.47 Å². The van der Waals surface area contributed by atoms with E-state index in [2.05, 4.69) is 10.0 Å². The maximum absolute atomic E-state index is 9.61. The highest BCUT2D eigenvalue weighted by Gasteiger charge is 2.47. The van der Waals surface area contributed by atoms with Gasteiger partial charge >= 0.3 is 0 Å². The fourth-order valence-electron chi connectivity index (χ4n) is 1.47. The smallest absolute Gasteiger partial charge is 0.214 e. The molecule has 1 fully saturated rings. The number of hydrogen-bond acceptors (Lipinski definition) is 7. The Morgan fingerprint density at radius 3 is 2.60 bits per heavy atom. The molecule has 15 heavy (non-hydrogen) atoms. The molecule has 8 heteroatoms. The molecule has 0 bridgehead atoms. The zero-order valence-electron chi connectivity index (χ0n) is 8.15. The molecule has 1 heterocycles. The maximum Gasteiger partial charge on any atom is 0.214 e. The first-order valence-corrected chi connectivity index (χ1v) is 4.37. The van der Waals surface area contributed by atoms with Gasteiger partial charge < -0.3 is 24.8 Å². The molecule has 0 aromatic heterocycles. The van der Waals surface area contributed by atoms with Gasteiger partial charge in [0.1, 0.15) is 29.0 Å². The van der Waals surface area contributed by atoms with Gasteiger partial charge in [-0.1, -0.05) is 0 Å². The third-order valence-electron chi connectivity index (χ3n) is 2.27. The van der Waals surface area contributed by atoms with Crippen molar-refractivity contribution in [3.05, 3.63) is 0 Å². The van der Waals surface area contributed by atoms with Gasteiger partial charge in [-0.25, -0.2) is 0 Å². The average molecular weight is 220 g/mol. The summed E-state index contributed by atoms with van der Waals surface area (Å²) >= 11 is 0. The summed E-state index contributed by atoms with van der Waals surface area (Å²) in [5, 5.41) is 31.5. The van der Waals surface area contributed by atoms with Crippen molar-refractivity contribution in [1.82, 2.24) is 4.91 Å². The standard InChI is InChI=1S/C7H14N3O5/c1-14-7-6(13)5(12)4(9-10-8)3(2-11)15-7/h3-8,11-13H,2H2,1H3/q+1. The summed E-state index contributed by atoms with van der Waals surface area (Å²) in [7, 11) is 1.31. The van der Waals surface area contributed by atoms with Crippen molar-refractivity contribution in [3.63, 3.8) is 0 Å². The molecule has 0 spiro atoms. The van der Waals surface area contributed by atoms with Crippen LogP contribution in [0.4, 0.5) is 0 Å². The molecule has 1 saturated heterocycles. The van der Waals surface area contributed by atoms with Crippen LogP contribution in [0.2, 0.25) is 0 Å². The lowest BCUT2D eigenvalue weighted by Gasteiger charge is -2.37. The quantitative estimate of drug-likeness (QED) is 0.322. The van der Waals surface area contributed by atoms with Crippen molar-refractivity contribution in [1.29, 1.82) is 5.53 Å². The summed E-state index contributed by atoms with van der Waals surface area (Å²) in [4.78, 5) is 2.77. The molecule has 0 aromatic rings. The first-order chi connectivity index (χ1) is 7.15. The number of nitrogens with zero attached hydrogens (tertiary/aromatic N) is 2. The Labute approximate surface area is 85.7 Å². The molecule has 86 valence electrons. The molecule has 1 aliphatic heterocycles. The van der Waals surface area contributed by atoms with Crippen LogP contribution in [0.5, 0.6) is 0 Å². The van der Waals surface area contributed by atoms with Crippen molar-refractivity contribution in [2.75, 3.05) is 13.7 Å². The summed E-state index contributed by atoms with van der Waals surface area (Å²) in [6.07, 6.45) is -4.43. The minimum absolute atomic E-state index is 0.409. The van der Waals surface area contributed by atoms with Gasteiger partial charge in [-0.2, -0.15) is 0 Å². The Bertz CT molecular complexity index is 255. The van der Waals surface area contributed by atoms with E-state index in [1.807, 2.05) is 0 Å². The van der Waals surface area contributed by atoms with Gasteiger partial charge in [0.2, 0.25) is 4.91 Å². The summed E-state index contributed by atoms with van der Waals surface area (Å²) in [5.74, 6) is 0. The average Bonchev–Trinajstić information content (AvgIpc) is 2.25. The Morgan fingerprint density at radius 2 is 2.13 bits per heavy atom. The largest absolute Gasteiger partial charge is 0.394 e. The molecular formula is C7H14N3O5+. The van der Waals surface area contributed by atoms with E-state index < -0.39 is 37.3 Å². The monoisotopic (exact) mass is 220 g/mol. The third-order valence-corrected chi connectivity index (χ3v) is 2.27. The van der Waals surface area contributed by atoms with Gasteiger partial charge in [0.05, 0.1) is 6.61 Å². The molecule has 5 unspecified atom stereocenters. The highest BCUT2D eigenvalue weighted by molar-refractivity contribution is 4.92. The summed E-state index contributed by atoms with van der Waals surface area (Å²) < 4.78 is 9.88. The highest BCUT2D eigenvalue weighted by Crippen LogP contribution is 2.23. The summed E-state index contributed by atoms with van der Waals surface area (Å²) in [6.45, 7) is -0.409. The number of aliphatic hydroxyl groups is 3. The van der Waals surface area contributed by atoms with E-state index >= 15 is 0 Å². The van der Waals surface area contributed by atoms with Crippen LogP contribution in [0.25, 0.3) is 0 Å². The number of nitrogens with one attached hydrogen (secondary N) is 1. The zero-order valence-corrected chi connectivity index (χ0v) is 8.15. The minimum atomic E-state index is -1.28. The lowest BCUT2D eigenvalue weighted by atomic mass is 9.97. The molecule has 1 aliphatic rings. The number of ether oxygens (including phenoxy) is 2. The second kappa shape index (κ2) is 5.26. The van der Waals surface area contributed by atoms with Crippen LogP contribution in [-0.4, -0.2) is 59.7 Å². The fraction of sp³-hybridized carbons (Fsp3) is 1.00. The SMILES string of the molecule is COC1OC(CO)C(N=[N+]=N)C(O)C1O. The third kappa shape index (κ3) is 2.37. The van der Waals surface area contributed by atoms with Gasteiger partial charge in [-0.05, 0) is 0 Å². The van der Waals surface area contributed by atoms with Gasteiger partial charge in [-0.15, -0.1) is 0 Å². The molecule has 1 rings (SSSR count). The fourth-order valence-corrected chi connectivity index (χ4v) is 1.47. The second-order valence-corrected chi connectivity index (χ2v) is 3.15. The van der Waals surface area contributed by atoms with Crippen molar-refractivity contribution in [2.45, 2.75) is 30.6 Å². The number of aliphatic hydroxyl groups excluding tert-OH is 3. The van der Waals surface area contributed by atoms with Crippen molar-refractivity contribution < 1.29 is 24.8 Å². The Hall–Kier alpha value is -0.890. The van der Waals surface area contributed by atoms with E-state index in [0.717, 1.165) is 0 Å². The number of hydrogen-bond donors (Lipinski definition) is 4. The van der Waals surface area contributed by atoms with Crippen LogP contribution in [0.3, 0.4) is 0 Å². The van der Waals surface area contributed by atoms with Crippen molar-refractivity contribution in [3.8, 4) is 0 Å². The minimum Gasteiger partial charge on any atom is -0.394 e. The summed E-state index contributed by atoms with van der Waals surface area (Å²) in [6, 6.07) is -0.964. The van der Waals surface area contributed by atoms with E-state index in [0.29, 0.717) is 0 Å². The van der Waals surface area contributed by atoms with Crippen LogP contribution in [0, 0.1) is 5.53 Å². The van der Waals surface area contributed by atoms with Crippen LogP contribution in [0.1, 0.15) is 0 Å². The second-order valence-electron chi connectivity index (χ2n) is 3.15. The Kier molecular flexibility index (Phi) is 4.28. The molecule has 5 atom stereocenters. The molecule has 0 saturated carbocycles. The first-order valence-electron chi connectivity index (χ1n) is 4.37. The Morgan fingerprint density at radius 1 is 1.47 bits per heavy atom. The van der Waals surface area contributed by atoms with E-state index in [9.17, 15) is 10.2 Å². The predicted molar refractivity (Wildman–Crippen MR) is 45.8 cm³/mol. The molecule has 8 nitrogen and oxygen atoms in total. The van der Waals surface area contributed by atoms with Gasteiger partial charge in [0.25, 0.3) is 0 Å². The molecule has 4 N–H and O–H groups in total. The topological polar surface area (TPSA) is 129 Å². The number of rotatable bonds is 3. The number of methoxy groups -OCH3 is 1. The normalized spacial score (nSPS) is 40.9. The van der Waals surface area contributed by atoms with E-state index in [1.54, 1.807) is 0 Å². The highest BCUT2D eigenvalue weighted by atomic mass is 16.7. The van der Waals surface area contributed by atoms with Crippen LogP contribution in [0.15, 0.2) is 5.11 Å².